The predicted octanol–water partition coefficient (Wildman–Crippen LogP) is -3.77. The van der Waals surface area contributed by atoms with Gasteiger partial charge in [0.05, 0.1) is 13.2 Å². The van der Waals surface area contributed by atoms with E-state index >= 15 is 0 Å². The summed E-state index contributed by atoms with van der Waals surface area (Å²) in [6.45, 7) is 1.55. The topological polar surface area (TPSA) is 91.4 Å². The number of pyridine rings is 2. The Morgan fingerprint density at radius 1 is 0.688 bits per heavy atom. The number of benzene rings is 1. The molecule has 0 fully saturated rings. The fourth-order valence-corrected chi connectivity index (χ4v) is 2.90. The molecule has 0 aliphatic heterocycles. The van der Waals surface area contributed by atoms with E-state index in [0.29, 0.717) is 26.7 Å². The van der Waals surface area contributed by atoms with Gasteiger partial charge in [-0.05, 0) is 23.3 Å². The van der Waals surface area contributed by atoms with Crippen LogP contribution in [-0.4, -0.2) is 22.8 Å². The first-order valence-electron chi connectivity index (χ1n) is 9.35. The quantitative estimate of drug-likeness (QED) is 0.135. The number of rotatable bonds is 10. The standard InChI is InChI=1S/C22H22N4O4.2ClH/c27-23-13-21-8-1-3-10-25(21)17-29-15-19-6-5-7-20(12-19)16-30-18-26-11-4-2-9-22(26)14-24-28;;/h1-14H,15-18H2;2*1H. The van der Waals surface area contributed by atoms with Crippen molar-refractivity contribution in [2.45, 2.75) is 26.7 Å². The molecule has 3 aromatic rings. The number of halogens is 2. The minimum atomic E-state index is 0. The maximum atomic E-state index is 8.75. The molecule has 8 nitrogen and oxygen atoms in total. The van der Waals surface area contributed by atoms with E-state index in [-0.39, 0.29) is 24.8 Å². The van der Waals surface area contributed by atoms with Gasteiger partial charge in [0.2, 0.25) is 11.4 Å². The van der Waals surface area contributed by atoms with Crippen LogP contribution < -0.4 is 33.9 Å². The number of hydrogen-bond acceptors (Lipinski definition) is 6. The maximum absolute atomic E-state index is 8.75. The fraction of sp³-hybridized carbons (Fsp3) is 0.182. The molecule has 10 heteroatoms. The molecule has 170 valence electrons. The second-order valence-corrected chi connectivity index (χ2v) is 6.45. The average Bonchev–Trinajstić information content (AvgIpc) is 2.77. The highest BCUT2D eigenvalue weighted by atomic mass is 35.5. The van der Waals surface area contributed by atoms with E-state index in [1.54, 1.807) is 0 Å². The molecule has 0 atom stereocenters. The smallest absolute Gasteiger partial charge is 0.253 e. The van der Waals surface area contributed by atoms with Crippen LogP contribution in [0.1, 0.15) is 22.5 Å². The lowest BCUT2D eigenvalue weighted by atomic mass is 10.1. The summed E-state index contributed by atoms with van der Waals surface area (Å²) in [6.07, 6.45) is 6.45. The molecule has 0 saturated carbocycles. The lowest BCUT2D eigenvalue weighted by Gasteiger charge is -2.06. The van der Waals surface area contributed by atoms with Crippen LogP contribution in [0.15, 0.2) is 83.4 Å². The van der Waals surface area contributed by atoms with Crippen LogP contribution in [0.5, 0.6) is 0 Å². The third-order valence-electron chi connectivity index (χ3n) is 4.32. The van der Waals surface area contributed by atoms with Crippen molar-refractivity contribution in [1.82, 2.24) is 0 Å². The zero-order chi connectivity index (χ0) is 21.0. The van der Waals surface area contributed by atoms with E-state index in [4.69, 9.17) is 19.9 Å². The Kier molecular flexibility index (Phi) is 12.5. The van der Waals surface area contributed by atoms with Gasteiger partial charge in [0.1, 0.15) is 12.4 Å². The number of aromatic nitrogens is 2. The fourth-order valence-electron chi connectivity index (χ4n) is 2.90. The summed E-state index contributed by atoms with van der Waals surface area (Å²) in [6, 6.07) is 19.2. The summed E-state index contributed by atoms with van der Waals surface area (Å²) in [7, 11) is 0. The van der Waals surface area contributed by atoms with Crippen molar-refractivity contribution < 1.29 is 53.8 Å². The van der Waals surface area contributed by atoms with Gasteiger partial charge in [0, 0.05) is 24.3 Å². The molecule has 0 unspecified atom stereocenters. The van der Waals surface area contributed by atoms with Gasteiger partial charge in [-0.2, -0.15) is 9.13 Å². The summed E-state index contributed by atoms with van der Waals surface area (Å²) in [5.41, 5.74) is 3.55. The van der Waals surface area contributed by atoms with Crippen LogP contribution >= 0.6 is 0 Å². The van der Waals surface area contributed by atoms with Crippen LogP contribution in [-0.2, 0) is 36.1 Å². The highest BCUT2D eigenvalue weighted by Crippen LogP contribution is 2.08. The normalized spacial score (nSPS) is 10.8. The molecule has 0 amide bonds. The van der Waals surface area contributed by atoms with Crippen molar-refractivity contribution in [1.29, 1.82) is 0 Å². The molecule has 2 aromatic heterocycles. The van der Waals surface area contributed by atoms with Gasteiger partial charge in [-0.25, -0.2) is 0 Å². The van der Waals surface area contributed by atoms with E-state index in [1.807, 2.05) is 82.2 Å². The van der Waals surface area contributed by atoms with E-state index in [1.165, 1.54) is 12.4 Å². The molecular weight excluding hydrogens is 455 g/mol. The van der Waals surface area contributed by atoms with Crippen LogP contribution in [0, 0.1) is 0 Å². The monoisotopic (exact) mass is 478 g/mol. The van der Waals surface area contributed by atoms with Gasteiger partial charge >= 0.3 is 0 Å². The SMILES string of the molecule is O/N=C/c1cccc[n+]1COCc1cccc(COC[n+]2ccccc2/C=N/O)c1.[Cl-].[Cl-]. The van der Waals surface area contributed by atoms with Gasteiger partial charge in [0.15, 0.2) is 12.4 Å². The van der Waals surface area contributed by atoms with Gasteiger partial charge in [-0.1, -0.05) is 34.6 Å². The molecule has 0 bridgehead atoms. The third-order valence-corrected chi connectivity index (χ3v) is 4.32. The van der Waals surface area contributed by atoms with Gasteiger partial charge < -0.3 is 44.7 Å². The summed E-state index contributed by atoms with van der Waals surface area (Å²) in [5.74, 6) is 0. The molecule has 3 rings (SSSR count). The van der Waals surface area contributed by atoms with Gasteiger partial charge in [-0.3, -0.25) is 0 Å². The van der Waals surface area contributed by atoms with Crippen molar-refractivity contribution >= 4 is 12.4 Å². The molecule has 0 radical (unpaired) electrons. The van der Waals surface area contributed by atoms with Crippen molar-refractivity contribution in [2.24, 2.45) is 10.3 Å². The van der Waals surface area contributed by atoms with Crippen molar-refractivity contribution in [3.63, 3.8) is 0 Å². The Morgan fingerprint density at radius 3 is 1.59 bits per heavy atom. The van der Waals surface area contributed by atoms with Crippen molar-refractivity contribution in [2.75, 3.05) is 0 Å². The van der Waals surface area contributed by atoms with Crippen molar-refractivity contribution in [3.05, 3.63) is 95.6 Å². The second kappa shape index (κ2) is 14.9. The maximum Gasteiger partial charge on any atom is 0.253 e. The highest BCUT2D eigenvalue weighted by Gasteiger charge is 2.09. The Balaban J connectivity index is 0.00000256. The van der Waals surface area contributed by atoms with Gasteiger partial charge in [0.25, 0.3) is 13.5 Å². The van der Waals surface area contributed by atoms with Crippen LogP contribution in [0.3, 0.4) is 0 Å². The summed E-state index contributed by atoms with van der Waals surface area (Å²) < 4.78 is 15.3. The third kappa shape index (κ3) is 8.24. The number of ether oxygens (including phenoxy) is 2. The van der Waals surface area contributed by atoms with Crippen LogP contribution in [0.4, 0.5) is 0 Å². The molecule has 0 aliphatic carbocycles. The Morgan fingerprint density at radius 2 is 1.16 bits per heavy atom. The van der Waals surface area contributed by atoms with Crippen molar-refractivity contribution in [3.8, 4) is 0 Å². The second-order valence-electron chi connectivity index (χ2n) is 6.45. The molecule has 0 aliphatic rings. The minimum Gasteiger partial charge on any atom is -1.00 e. The van der Waals surface area contributed by atoms with E-state index in [2.05, 4.69) is 10.3 Å². The zero-order valence-corrected chi connectivity index (χ0v) is 18.7. The first kappa shape index (κ1) is 27.0. The number of hydrogen-bond donors (Lipinski definition) is 2. The summed E-state index contributed by atoms with van der Waals surface area (Å²) >= 11 is 0. The molecular formula is C22H24Cl2N4O4. The molecule has 1 aromatic carbocycles. The van der Waals surface area contributed by atoms with E-state index < -0.39 is 0 Å². The molecule has 2 N–H and O–H groups in total. The van der Waals surface area contributed by atoms with E-state index in [9.17, 15) is 0 Å². The molecule has 0 saturated heterocycles. The van der Waals surface area contributed by atoms with Crippen LogP contribution in [0.2, 0.25) is 0 Å². The molecule has 32 heavy (non-hydrogen) atoms. The molecule has 2 heterocycles. The first-order valence-corrected chi connectivity index (χ1v) is 9.35. The zero-order valence-electron chi connectivity index (χ0n) is 17.2. The van der Waals surface area contributed by atoms with Gasteiger partial charge in [-0.15, -0.1) is 0 Å². The number of nitrogens with zero attached hydrogens (tertiary/aromatic N) is 4. The predicted molar refractivity (Wildman–Crippen MR) is 108 cm³/mol. The Bertz CT molecular complexity index is 942. The largest absolute Gasteiger partial charge is 1.00 e. The Hall–Kier alpha value is -3.04. The first-order chi connectivity index (χ1) is 14.8. The average molecular weight is 479 g/mol. The lowest BCUT2D eigenvalue weighted by molar-refractivity contribution is -0.734. The number of oxime groups is 2. The lowest BCUT2D eigenvalue weighted by Crippen LogP contribution is -3.00. The van der Waals surface area contributed by atoms with E-state index in [0.717, 1.165) is 22.5 Å². The minimum absolute atomic E-state index is 0. The van der Waals surface area contributed by atoms with Crippen LogP contribution in [0.25, 0.3) is 0 Å². The molecule has 0 spiro atoms. The summed E-state index contributed by atoms with van der Waals surface area (Å²) in [4.78, 5) is 0. The highest BCUT2D eigenvalue weighted by molar-refractivity contribution is 5.74. The Labute approximate surface area is 198 Å². The summed E-state index contributed by atoms with van der Waals surface area (Å²) in [5, 5.41) is 23.6.